The first-order valence-corrected chi connectivity index (χ1v) is 7.23. The molecule has 2 aromatic heterocycles. The molecule has 1 aliphatic rings. The van der Waals surface area contributed by atoms with Gasteiger partial charge in [0.05, 0.1) is 11.4 Å². The van der Waals surface area contributed by atoms with Crippen LogP contribution in [-0.2, 0) is 17.6 Å². The zero-order chi connectivity index (χ0) is 13.4. The molecule has 0 atom stereocenters. The molecule has 1 aliphatic carbocycles. The van der Waals surface area contributed by atoms with E-state index in [1.54, 1.807) is 4.52 Å². The van der Waals surface area contributed by atoms with Crippen molar-refractivity contribution < 1.29 is 9.90 Å². The van der Waals surface area contributed by atoms with Crippen molar-refractivity contribution >= 4 is 23.5 Å². The maximum absolute atomic E-state index is 10.8. The van der Waals surface area contributed by atoms with Gasteiger partial charge in [-0.05, 0) is 32.6 Å². The van der Waals surface area contributed by atoms with E-state index >= 15 is 0 Å². The van der Waals surface area contributed by atoms with E-state index in [9.17, 15) is 4.79 Å². The quantitative estimate of drug-likeness (QED) is 0.676. The molecular weight excluding hydrogens is 264 g/mol. The van der Waals surface area contributed by atoms with Crippen LogP contribution in [0.5, 0.6) is 0 Å². The van der Waals surface area contributed by atoms with Crippen molar-refractivity contribution in [2.24, 2.45) is 0 Å². The fourth-order valence-corrected chi connectivity index (χ4v) is 3.28. The molecule has 0 bridgehead atoms. The summed E-state index contributed by atoms with van der Waals surface area (Å²) in [5.41, 5.74) is 2.20. The molecular formula is C12H14N4O2S. The van der Waals surface area contributed by atoms with E-state index in [0.717, 1.165) is 42.0 Å². The van der Waals surface area contributed by atoms with Gasteiger partial charge in [0.25, 0.3) is 5.78 Å². The Bertz CT molecular complexity index is 653. The Labute approximate surface area is 114 Å². The van der Waals surface area contributed by atoms with Crippen LogP contribution in [0.3, 0.4) is 0 Å². The molecule has 0 radical (unpaired) electrons. The highest BCUT2D eigenvalue weighted by Crippen LogP contribution is 2.30. The fourth-order valence-electron chi connectivity index (χ4n) is 2.38. The third kappa shape index (κ3) is 2.30. The minimum atomic E-state index is -0.823. The number of hydrogen-bond acceptors (Lipinski definition) is 5. The highest BCUT2D eigenvalue weighted by molar-refractivity contribution is 7.99. The number of carbonyl (C=O) groups is 1. The summed E-state index contributed by atoms with van der Waals surface area (Å²) in [5, 5.41) is 14.1. The normalized spacial score (nSPS) is 14.6. The first-order valence-electron chi connectivity index (χ1n) is 6.25. The lowest BCUT2D eigenvalue weighted by atomic mass is 9.97. The molecule has 0 aromatic carbocycles. The second kappa shape index (κ2) is 4.80. The maximum atomic E-state index is 10.8. The Morgan fingerprint density at radius 3 is 2.95 bits per heavy atom. The van der Waals surface area contributed by atoms with Crippen molar-refractivity contribution in [1.82, 2.24) is 19.6 Å². The number of aliphatic carboxylic acids is 1. The zero-order valence-electron chi connectivity index (χ0n) is 10.6. The summed E-state index contributed by atoms with van der Waals surface area (Å²) in [6.07, 6.45) is 4.14. The number of rotatable bonds is 3. The van der Waals surface area contributed by atoms with Gasteiger partial charge in [-0.3, -0.25) is 4.79 Å². The predicted molar refractivity (Wildman–Crippen MR) is 70.5 cm³/mol. The standard InChI is InChI=1S/C12H14N4O2S/c1-7-13-12-14-9-5-3-2-4-8(9)11(16(12)15-7)19-6-10(17)18/h2-6H2,1H3,(H,17,18). The van der Waals surface area contributed by atoms with Crippen LogP contribution >= 0.6 is 11.8 Å². The van der Waals surface area contributed by atoms with Gasteiger partial charge >= 0.3 is 5.97 Å². The number of hydrogen-bond donors (Lipinski definition) is 1. The van der Waals surface area contributed by atoms with Gasteiger partial charge < -0.3 is 5.11 Å². The van der Waals surface area contributed by atoms with Gasteiger partial charge in [0.15, 0.2) is 0 Å². The van der Waals surface area contributed by atoms with Gasteiger partial charge in [-0.1, -0.05) is 11.8 Å². The molecule has 6 nitrogen and oxygen atoms in total. The number of thioether (sulfide) groups is 1. The molecule has 0 amide bonds. The molecule has 0 fully saturated rings. The van der Waals surface area contributed by atoms with E-state index in [4.69, 9.17) is 5.11 Å². The molecule has 100 valence electrons. The van der Waals surface area contributed by atoms with Crippen LogP contribution in [0.1, 0.15) is 29.9 Å². The molecule has 2 heterocycles. The maximum Gasteiger partial charge on any atom is 0.313 e. The van der Waals surface area contributed by atoms with Crippen LogP contribution < -0.4 is 0 Å². The summed E-state index contributed by atoms with van der Waals surface area (Å²) in [4.78, 5) is 19.6. The third-order valence-corrected chi connectivity index (χ3v) is 4.24. The number of fused-ring (bicyclic) bond motifs is 2. The van der Waals surface area contributed by atoms with Crippen molar-refractivity contribution in [2.75, 3.05) is 5.75 Å². The van der Waals surface area contributed by atoms with Crippen molar-refractivity contribution in [3.05, 3.63) is 17.1 Å². The molecule has 2 aromatic rings. The predicted octanol–water partition coefficient (Wildman–Crippen LogP) is 1.49. The number of carboxylic acids is 1. The lowest BCUT2D eigenvalue weighted by Gasteiger charge is -2.18. The lowest BCUT2D eigenvalue weighted by Crippen LogP contribution is -2.12. The highest BCUT2D eigenvalue weighted by atomic mass is 32.2. The van der Waals surface area contributed by atoms with Crippen molar-refractivity contribution in [1.29, 1.82) is 0 Å². The summed E-state index contributed by atoms with van der Waals surface area (Å²) in [7, 11) is 0. The Morgan fingerprint density at radius 2 is 2.16 bits per heavy atom. The Balaban J connectivity index is 2.15. The number of carboxylic acid groups (broad SMARTS) is 1. The van der Waals surface area contributed by atoms with Crippen LogP contribution in [0.2, 0.25) is 0 Å². The highest BCUT2D eigenvalue weighted by Gasteiger charge is 2.21. The third-order valence-electron chi connectivity index (χ3n) is 3.15. The monoisotopic (exact) mass is 278 g/mol. The van der Waals surface area contributed by atoms with Crippen molar-refractivity contribution in [3.63, 3.8) is 0 Å². The molecule has 0 aliphatic heterocycles. The topological polar surface area (TPSA) is 80.4 Å². The fraction of sp³-hybridized carbons (Fsp3) is 0.500. The van der Waals surface area contributed by atoms with E-state index in [0.29, 0.717) is 11.6 Å². The van der Waals surface area contributed by atoms with E-state index < -0.39 is 5.97 Å². The van der Waals surface area contributed by atoms with E-state index in [2.05, 4.69) is 15.1 Å². The van der Waals surface area contributed by atoms with E-state index in [1.807, 2.05) is 6.92 Å². The summed E-state index contributed by atoms with van der Waals surface area (Å²) in [6.45, 7) is 1.82. The number of aryl methyl sites for hydroxylation is 2. The van der Waals surface area contributed by atoms with Gasteiger partial charge in [0.1, 0.15) is 10.9 Å². The van der Waals surface area contributed by atoms with E-state index in [1.165, 1.54) is 11.8 Å². The smallest absolute Gasteiger partial charge is 0.313 e. The Hall–Kier alpha value is -1.63. The summed E-state index contributed by atoms with van der Waals surface area (Å²) < 4.78 is 1.69. The van der Waals surface area contributed by atoms with Gasteiger partial charge in [-0.15, -0.1) is 5.10 Å². The largest absolute Gasteiger partial charge is 0.481 e. The average molecular weight is 278 g/mol. The van der Waals surface area contributed by atoms with Crippen LogP contribution in [0.15, 0.2) is 5.03 Å². The van der Waals surface area contributed by atoms with Crippen LogP contribution in [-0.4, -0.2) is 36.4 Å². The second-order valence-electron chi connectivity index (χ2n) is 4.60. The molecule has 0 saturated carbocycles. The molecule has 0 unspecified atom stereocenters. The number of nitrogens with zero attached hydrogens (tertiary/aromatic N) is 4. The van der Waals surface area contributed by atoms with Crippen LogP contribution in [0.25, 0.3) is 5.78 Å². The van der Waals surface area contributed by atoms with Crippen LogP contribution in [0, 0.1) is 6.92 Å². The Kier molecular flexibility index (Phi) is 3.14. The van der Waals surface area contributed by atoms with Gasteiger partial charge in [0, 0.05) is 5.56 Å². The first kappa shape index (κ1) is 12.4. The molecule has 7 heteroatoms. The van der Waals surface area contributed by atoms with Crippen molar-refractivity contribution in [3.8, 4) is 0 Å². The van der Waals surface area contributed by atoms with E-state index in [-0.39, 0.29) is 5.75 Å². The number of aromatic nitrogens is 4. The molecule has 19 heavy (non-hydrogen) atoms. The summed E-state index contributed by atoms with van der Waals surface area (Å²) in [5.74, 6) is 0.444. The lowest BCUT2D eigenvalue weighted by molar-refractivity contribution is -0.133. The summed E-state index contributed by atoms with van der Waals surface area (Å²) >= 11 is 1.31. The van der Waals surface area contributed by atoms with Crippen molar-refractivity contribution in [2.45, 2.75) is 37.6 Å². The SMILES string of the molecule is Cc1nc2nc3c(c(SCC(=O)O)n2n1)CCCC3. The summed E-state index contributed by atoms with van der Waals surface area (Å²) in [6, 6.07) is 0. The van der Waals surface area contributed by atoms with Gasteiger partial charge in [-0.25, -0.2) is 4.98 Å². The zero-order valence-corrected chi connectivity index (χ0v) is 11.4. The first-order chi connectivity index (χ1) is 9.15. The minimum Gasteiger partial charge on any atom is -0.481 e. The molecule has 0 saturated heterocycles. The minimum absolute atomic E-state index is 0.0322. The van der Waals surface area contributed by atoms with Gasteiger partial charge in [-0.2, -0.15) is 9.50 Å². The second-order valence-corrected chi connectivity index (χ2v) is 5.57. The van der Waals surface area contributed by atoms with Crippen LogP contribution in [0.4, 0.5) is 0 Å². The molecule has 3 rings (SSSR count). The van der Waals surface area contributed by atoms with Gasteiger partial charge in [0.2, 0.25) is 0 Å². The molecule has 1 N–H and O–H groups in total. The average Bonchev–Trinajstić information content (AvgIpc) is 2.74. The molecule has 0 spiro atoms. The Morgan fingerprint density at radius 1 is 1.37 bits per heavy atom.